The van der Waals surface area contributed by atoms with Gasteiger partial charge in [0.2, 0.25) is 26.0 Å². The topological polar surface area (TPSA) is 110 Å². The molecule has 1 amide bonds. The van der Waals surface area contributed by atoms with Gasteiger partial charge in [0.1, 0.15) is 10.6 Å². The second-order valence-corrected chi connectivity index (χ2v) is 11.0. The molecule has 0 saturated carbocycles. The van der Waals surface area contributed by atoms with Gasteiger partial charge in [-0.2, -0.15) is 0 Å². The van der Waals surface area contributed by atoms with Crippen molar-refractivity contribution in [1.82, 2.24) is 4.72 Å². The number of ether oxygens (including phenoxy) is 1. The fraction of sp³-hybridized carbons (Fsp3) is 0.353. The molecular formula is C17H20N2O6S3. The Labute approximate surface area is 168 Å². The molecule has 1 aliphatic rings. The lowest BCUT2D eigenvalue weighted by Gasteiger charge is -2.18. The van der Waals surface area contributed by atoms with E-state index in [9.17, 15) is 21.6 Å². The molecule has 0 radical (unpaired) electrons. The number of hydrogen-bond donors (Lipinski definition) is 1. The summed E-state index contributed by atoms with van der Waals surface area (Å²) in [7, 11) is -6.50. The molecule has 8 nitrogen and oxygen atoms in total. The molecule has 1 aromatic carbocycles. The zero-order chi connectivity index (χ0) is 20.5. The Hall–Kier alpha value is -1.95. The number of nitrogens with one attached hydrogen (secondary N) is 1. The molecule has 152 valence electrons. The molecular weight excluding hydrogens is 424 g/mol. The average molecular weight is 445 g/mol. The fourth-order valence-electron chi connectivity index (χ4n) is 2.93. The number of sulfonamides is 2. The van der Waals surface area contributed by atoms with Crippen LogP contribution < -0.4 is 13.8 Å². The maximum atomic E-state index is 12.8. The van der Waals surface area contributed by atoms with Crippen molar-refractivity contribution in [2.75, 3.05) is 23.7 Å². The van der Waals surface area contributed by atoms with Gasteiger partial charge in [0.15, 0.2) is 0 Å². The SMILES string of the molecule is COc1ccc(N2C(=O)C(C)CS2(=O)=O)cc1S(=O)(=O)NCCc1cccs1. The molecule has 11 heteroatoms. The summed E-state index contributed by atoms with van der Waals surface area (Å²) >= 11 is 1.53. The number of amides is 1. The highest BCUT2D eigenvalue weighted by molar-refractivity contribution is 7.94. The maximum absolute atomic E-state index is 12.8. The molecule has 1 atom stereocenters. The van der Waals surface area contributed by atoms with Crippen LogP contribution in [-0.2, 0) is 31.3 Å². The Kier molecular flexibility index (Phi) is 5.80. The minimum absolute atomic E-state index is 0.0196. The molecule has 1 aromatic heterocycles. The first-order chi connectivity index (χ1) is 13.2. The number of methoxy groups -OCH3 is 1. The van der Waals surface area contributed by atoms with Crippen molar-refractivity contribution in [1.29, 1.82) is 0 Å². The van der Waals surface area contributed by atoms with E-state index in [0.717, 1.165) is 10.9 Å². The maximum Gasteiger partial charge on any atom is 0.244 e. The van der Waals surface area contributed by atoms with E-state index >= 15 is 0 Å². The largest absolute Gasteiger partial charge is 0.495 e. The van der Waals surface area contributed by atoms with E-state index in [1.807, 2.05) is 17.5 Å². The number of nitrogens with zero attached hydrogens (tertiary/aromatic N) is 1. The summed E-state index contributed by atoms with van der Waals surface area (Å²) in [6, 6.07) is 7.65. The van der Waals surface area contributed by atoms with E-state index in [1.165, 1.54) is 37.5 Å². The second kappa shape index (κ2) is 7.82. The lowest BCUT2D eigenvalue weighted by atomic mass is 10.2. The third kappa shape index (κ3) is 4.07. The summed E-state index contributed by atoms with van der Waals surface area (Å²) < 4.78 is 58.5. The first-order valence-corrected chi connectivity index (χ1v) is 12.4. The number of thiophene rings is 1. The Balaban J connectivity index is 1.91. The Morgan fingerprint density at radius 3 is 2.64 bits per heavy atom. The van der Waals surface area contributed by atoms with E-state index in [-0.39, 0.29) is 28.6 Å². The van der Waals surface area contributed by atoms with Gasteiger partial charge in [0.25, 0.3) is 0 Å². The molecule has 2 aromatic rings. The lowest BCUT2D eigenvalue weighted by molar-refractivity contribution is -0.119. The summed E-state index contributed by atoms with van der Waals surface area (Å²) in [6.07, 6.45) is 0.523. The zero-order valence-corrected chi connectivity index (χ0v) is 17.7. The molecule has 28 heavy (non-hydrogen) atoms. The Morgan fingerprint density at radius 2 is 2.07 bits per heavy atom. The minimum Gasteiger partial charge on any atom is -0.495 e. The van der Waals surface area contributed by atoms with Gasteiger partial charge < -0.3 is 4.74 Å². The van der Waals surface area contributed by atoms with Crippen molar-refractivity contribution in [2.24, 2.45) is 5.92 Å². The molecule has 1 N–H and O–H groups in total. The van der Waals surface area contributed by atoms with Crippen LogP contribution in [-0.4, -0.2) is 42.2 Å². The highest BCUT2D eigenvalue weighted by Gasteiger charge is 2.42. The number of anilines is 1. The van der Waals surface area contributed by atoms with Gasteiger partial charge in [-0.3, -0.25) is 4.79 Å². The van der Waals surface area contributed by atoms with Gasteiger partial charge in [0, 0.05) is 11.4 Å². The Morgan fingerprint density at radius 1 is 1.32 bits per heavy atom. The average Bonchev–Trinajstić information content (AvgIpc) is 3.20. The number of carbonyl (C=O) groups is 1. The molecule has 1 unspecified atom stereocenters. The van der Waals surface area contributed by atoms with Crippen LogP contribution >= 0.6 is 11.3 Å². The predicted molar refractivity (Wildman–Crippen MR) is 107 cm³/mol. The molecule has 0 bridgehead atoms. The van der Waals surface area contributed by atoms with Crippen molar-refractivity contribution in [2.45, 2.75) is 18.2 Å². The lowest BCUT2D eigenvalue weighted by Crippen LogP contribution is -2.31. The van der Waals surface area contributed by atoms with E-state index in [0.29, 0.717) is 10.7 Å². The molecule has 1 saturated heterocycles. The molecule has 0 spiro atoms. The number of benzene rings is 1. The minimum atomic E-state index is -3.98. The van der Waals surface area contributed by atoms with E-state index < -0.39 is 31.9 Å². The highest BCUT2D eigenvalue weighted by atomic mass is 32.2. The van der Waals surface area contributed by atoms with E-state index in [4.69, 9.17) is 4.74 Å². The normalized spacial score (nSPS) is 19.1. The summed E-state index contributed by atoms with van der Waals surface area (Å²) in [4.78, 5) is 13.1. The predicted octanol–water partition coefficient (Wildman–Crippen LogP) is 1.59. The summed E-state index contributed by atoms with van der Waals surface area (Å²) in [5.74, 6) is -1.52. The van der Waals surface area contributed by atoms with E-state index in [2.05, 4.69) is 4.72 Å². The monoisotopic (exact) mass is 444 g/mol. The van der Waals surface area contributed by atoms with Crippen molar-refractivity contribution in [3.63, 3.8) is 0 Å². The zero-order valence-electron chi connectivity index (χ0n) is 15.3. The van der Waals surface area contributed by atoms with Crippen molar-refractivity contribution in [3.8, 4) is 5.75 Å². The smallest absolute Gasteiger partial charge is 0.244 e. The number of rotatable bonds is 7. The van der Waals surface area contributed by atoms with Crippen LogP contribution in [0.1, 0.15) is 11.8 Å². The molecule has 1 fully saturated rings. The van der Waals surface area contributed by atoms with Gasteiger partial charge >= 0.3 is 0 Å². The standard InChI is InChI=1S/C17H20N2O6S3/c1-12-11-27(21,22)19(17(12)20)13-5-6-15(25-2)16(10-13)28(23,24)18-8-7-14-4-3-9-26-14/h3-6,9-10,12,18H,7-8,11H2,1-2H3. The fourth-order valence-corrected chi connectivity index (χ4v) is 6.67. The van der Waals surface area contributed by atoms with Crippen LogP contribution in [0.4, 0.5) is 5.69 Å². The number of carbonyl (C=O) groups excluding carboxylic acids is 1. The third-order valence-electron chi connectivity index (χ3n) is 4.28. The third-order valence-corrected chi connectivity index (χ3v) is 8.56. The molecule has 1 aliphatic heterocycles. The van der Waals surface area contributed by atoms with Gasteiger partial charge in [-0.15, -0.1) is 11.3 Å². The van der Waals surface area contributed by atoms with Gasteiger partial charge in [0.05, 0.1) is 24.5 Å². The molecule has 3 rings (SSSR count). The van der Waals surface area contributed by atoms with Crippen LogP contribution in [0, 0.1) is 5.92 Å². The summed E-state index contributed by atoms with van der Waals surface area (Å²) in [6.45, 7) is 1.70. The summed E-state index contributed by atoms with van der Waals surface area (Å²) in [5, 5.41) is 1.91. The number of hydrogen-bond acceptors (Lipinski definition) is 7. The highest BCUT2D eigenvalue weighted by Crippen LogP contribution is 2.33. The molecule has 0 aliphatic carbocycles. The van der Waals surface area contributed by atoms with Crippen LogP contribution in [0.2, 0.25) is 0 Å². The van der Waals surface area contributed by atoms with Crippen LogP contribution in [0.5, 0.6) is 5.75 Å². The van der Waals surface area contributed by atoms with Crippen molar-refractivity contribution < 1.29 is 26.4 Å². The van der Waals surface area contributed by atoms with Gasteiger partial charge in [-0.25, -0.2) is 25.9 Å². The van der Waals surface area contributed by atoms with Gasteiger partial charge in [-0.1, -0.05) is 13.0 Å². The van der Waals surface area contributed by atoms with E-state index in [1.54, 1.807) is 0 Å². The second-order valence-electron chi connectivity index (χ2n) is 6.34. The first kappa shape index (κ1) is 20.8. The van der Waals surface area contributed by atoms with Gasteiger partial charge in [-0.05, 0) is 36.1 Å². The molecule has 2 heterocycles. The summed E-state index contributed by atoms with van der Waals surface area (Å²) in [5.41, 5.74) is -0.0196. The van der Waals surface area contributed by atoms with Crippen molar-refractivity contribution >= 4 is 43.0 Å². The van der Waals surface area contributed by atoms with Crippen molar-refractivity contribution in [3.05, 3.63) is 40.6 Å². The Bertz CT molecular complexity index is 1080. The van der Waals surface area contributed by atoms with Crippen LogP contribution in [0.25, 0.3) is 0 Å². The van der Waals surface area contributed by atoms with Crippen LogP contribution in [0.15, 0.2) is 40.6 Å². The quantitative estimate of drug-likeness (QED) is 0.695. The van der Waals surface area contributed by atoms with Crippen LogP contribution in [0.3, 0.4) is 0 Å². The first-order valence-electron chi connectivity index (χ1n) is 8.42.